The molecule has 0 saturated carbocycles. The van der Waals surface area contributed by atoms with Crippen molar-refractivity contribution in [2.45, 2.75) is 52.4 Å². The fourth-order valence-electron chi connectivity index (χ4n) is 3.21. The highest BCUT2D eigenvalue weighted by molar-refractivity contribution is 5.96. The molecule has 0 saturated heterocycles. The van der Waals surface area contributed by atoms with Crippen LogP contribution in [0, 0.1) is 0 Å². The zero-order chi connectivity index (χ0) is 23.5. The highest BCUT2D eigenvalue weighted by Gasteiger charge is 2.16. The number of aliphatic imine (C=N–C) groups is 2. The van der Waals surface area contributed by atoms with Gasteiger partial charge in [0.15, 0.2) is 0 Å². The number of phenols is 2. The van der Waals surface area contributed by atoms with E-state index in [0.717, 1.165) is 22.3 Å². The van der Waals surface area contributed by atoms with Crippen LogP contribution in [0.25, 0.3) is 0 Å². The molecule has 0 aliphatic rings. The predicted molar refractivity (Wildman–Crippen MR) is 135 cm³/mol. The highest BCUT2D eigenvalue weighted by Crippen LogP contribution is 2.34. The summed E-state index contributed by atoms with van der Waals surface area (Å²) in [6.45, 7) is 12.8. The van der Waals surface area contributed by atoms with Crippen LogP contribution in [0.4, 0.5) is 11.4 Å². The Labute approximate surface area is 191 Å². The quantitative estimate of drug-likeness (QED) is 0.432. The average Bonchev–Trinajstić information content (AvgIpc) is 2.71. The molecular weight excluding hydrogens is 396 g/mol. The van der Waals surface area contributed by atoms with Crippen molar-refractivity contribution in [3.05, 3.63) is 82.9 Å². The lowest BCUT2D eigenvalue weighted by Crippen LogP contribution is -2.10. The molecule has 0 fully saturated rings. The molecule has 0 heterocycles. The van der Waals surface area contributed by atoms with Gasteiger partial charge in [0.25, 0.3) is 0 Å². The fourth-order valence-corrected chi connectivity index (χ4v) is 3.21. The topological polar surface area (TPSA) is 65.2 Å². The van der Waals surface area contributed by atoms with Gasteiger partial charge in [0, 0.05) is 23.6 Å². The molecule has 0 unspecified atom stereocenters. The number of hydrogen-bond donors (Lipinski definition) is 2. The van der Waals surface area contributed by atoms with Crippen LogP contribution in [-0.4, -0.2) is 22.6 Å². The predicted octanol–water partition coefficient (Wildman–Crippen LogP) is 7.19. The van der Waals surface area contributed by atoms with Crippen LogP contribution in [-0.2, 0) is 10.8 Å². The molecular formula is C28H32N2O2. The minimum atomic E-state index is -0.0356. The van der Waals surface area contributed by atoms with Crippen molar-refractivity contribution in [2.75, 3.05) is 0 Å². The maximum Gasteiger partial charge on any atom is 0.141 e. The van der Waals surface area contributed by atoms with Crippen molar-refractivity contribution < 1.29 is 10.2 Å². The second-order valence-corrected chi connectivity index (χ2v) is 10.1. The molecule has 0 aliphatic heterocycles. The molecule has 4 nitrogen and oxygen atoms in total. The van der Waals surface area contributed by atoms with Crippen LogP contribution in [0.2, 0.25) is 0 Å². The van der Waals surface area contributed by atoms with Gasteiger partial charge in [0.1, 0.15) is 22.9 Å². The number of nitrogens with zero attached hydrogens (tertiary/aromatic N) is 2. The maximum atomic E-state index is 10.3. The van der Waals surface area contributed by atoms with E-state index in [4.69, 9.17) is 0 Å². The lowest BCUT2D eigenvalue weighted by atomic mass is 9.87. The zero-order valence-electron chi connectivity index (χ0n) is 19.7. The Morgan fingerprint density at radius 3 is 1.31 bits per heavy atom. The van der Waals surface area contributed by atoms with Crippen LogP contribution in [0.3, 0.4) is 0 Å². The summed E-state index contributed by atoms with van der Waals surface area (Å²) >= 11 is 0. The second kappa shape index (κ2) is 8.99. The monoisotopic (exact) mass is 428 g/mol. The van der Waals surface area contributed by atoms with E-state index in [-0.39, 0.29) is 22.3 Å². The summed E-state index contributed by atoms with van der Waals surface area (Å²) in [5, 5.41) is 20.5. The van der Waals surface area contributed by atoms with E-state index in [2.05, 4.69) is 51.5 Å². The largest absolute Gasteiger partial charge is 0.506 e. The summed E-state index contributed by atoms with van der Waals surface area (Å²) < 4.78 is 0. The van der Waals surface area contributed by atoms with Crippen molar-refractivity contribution in [3.8, 4) is 11.5 Å². The van der Waals surface area contributed by atoms with E-state index in [0.29, 0.717) is 11.4 Å². The van der Waals surface area contributed by atoms with Crippen LogP contribution < -0.4 is 0 Å². The first-order valence-electron chi connectivity index (χ1n) is 10.8. The molecule has 4 heteroatoms. The van der Waals surface area contributed by atoms with Gasteiger partial charge < -0.3 is 10.2 Å². The third-order valence-electron chi connectivity index (χ3n) is 5.36. The van der Waals surface area contributed by atoms with E-state index in [1.807, 2.05) is 48.5 Å². The Bertz CT molecular complexity index is 1070. The molecule has 3 rings (SSSR count). The van der Waals surface area contributed by atoms with Crippen molar-refractivity contribution in [2.24, 2.45) is 9.98 Å². The van der Waals surface area contributed by atoms with E-state index < -0.39 is 0 Å². The average molecular weight is 429 g/mol. The first-order chi connectivity index (χ1) is 14.9. The Morgan fingerprint density at radius 1 is 0.594 bits per heavy atom. The smallest absolute Gasteiger partial charge is 0.141 e. The summed E-state index contributed by atoms with van der Waals surface area (Å²) in [5.41, 5.74) is 4.92. The molecule has 0 radical (unpaired) electrons. The van der Waals surface area contributed by atoms with Gasteiger partial charge in [-0.1, -0.05) is 77.9 Å². The number of rotatable bonds is 4. The van der Waals surface area contributed by atoms with Gasteiger partial charge in [-0.25, -0.2) is 0 Å². The van der Waals surface area contributed by atoms with Gasteiger partial charge in [-0.3, -0.25) is 9.98 Å². The van der Waals surface area contributed by atoms with Crippen LogP contribution in [0.15, 0.2) is 70.6 Å². The molecule has 3 aromatic carbocycles. The Morgan fingerprint density at radius 2 is 0.969 bits per heavy atom. The number of hydrogen-bond acceptors (Lipinski definition) is 4. The SMILES string of the molecule is CC(C)(C)c1ccc(O)c(N=Cc2ccccc2C=Nc2cc(C(C)(C)C)ccc2O)c1. The summed E-state index contributed by atoms with van der Waals surface area (Å²) in [6.07, 6.45) is 3.46. The summed E-state index contributed by atoms with van der Waals surface area (Å²) in [5.74, 6) is 0.286. The van der Waals surface area contributed by atoms with E-state index >= 15 is 0 Å². The molecule has 166 valence electrons. The highest BCUT2D eigenvalue weighted by atomic mass is 16.3. The first kappa shape index (κ1) is 23.3. The van der Waals surface area contributed by atoms with Gasteiger partial charge in [0.2, 0.25) is 0 Å². The van der Waals surface area contributed by atoms with Crippen LogP contribution in [0.5, 0.6) is 11.5 Å². The van der Waals surface area contributed by atoms with Gasteiger partial charge in [0.05, 0.1) is 0 Å². The van der Waals surface area contributed by atoms with E-state index in [9.17, 15) is 10.2 Å². The molecule has 0 spiro atoms. The van der Waals surface area contributed by atoms with Crippen molar-refractivity contribution in [1.29, 1.82) is 0 Å². The molecule has 2 N–H and O–H groups in total. The fraction of sp³-hybridized carbons (Fsp3) is 0.286. The zero-order valence-corrected chi connectivity index (χ0v) is 19.7. The minimum Gasteiger partial charge on any atom is -0.506 e. The molecule has 0 bridgehead atoms. The van der Waals surface area contributed by atoms with E-state index in [1.165, 1.54) is 0 Å². The van der Waals surface area contributed by atoms with Gasteiger partial charge in [-0.2, -0.15) is 0 Å². The van der Waals surface area contributed by atoms with Crippen LogP contribution >= 0.6 is 0 Å². The molecule has 0 aromatic heterocycles. The summed E-state index contributed by atoms with van der Waals surface area (Å²) in [4.78, 5) is 9.09. The lowest BCUT2D eigenvalue weighted by molar-refractivity contribution is 0.475. The van der Waals surface area contributed by atoms with Crippen molar-refractivity contribution >= 4 is 23.8 Å². The third kappa shape index (κ3) is 5.64. The lowest BCUT2D eigenvalue weighted by Gasteiger charge is -2.19. The summed E-state index contributed by atoms with van der Waals surface area (Å²) in [7, 11) is 0. The summed E-state index contributed by atoms with van der Waals surface area (Å²) in [6, 6.07) is 18.8. The van der Waals surface area contributed by atoms with Gasteiger partial charge in [-0.15, -0.1) is 0 Å². The molecule has 0 atom stereocenters. The molecule has 3 aromatic rings. The van der Waals surface area contributed by atoms with Crippen LogP contribution in [0.1, 0.15) is 63.8 Å². The van der Waals surface area contributed by atoms with Crippen molar-refractivity contribution in [1.82, 2.24) is 0 Å². The molecule has 0 aliphatic carbocycles. The standard InChI is InChI=1S/C28H32N2O2/c1-27(2,3)21-11-13-25(31)23(15-21)29-17-19-9-7-8-10-20(19)18-30-24-16-22(28(4,5)6)12-14-26(24)32/h7-18,31-32H,1-6H3. The van der Waals surface area contributed by atoms with Gasteiger partial charge in [-0.05, 0) is 46.2 Å². The van der Waals surface area contributed by atoms with E-state index in [1.54, 1.807) is 24.6 Å². The first-order valence-corrected chi connectivity index (χ1v) is 10.8. The minimum absolute atomic E-state index is 0.0356. The van der Waals surface area contributed by atoms with Crippen molar-refractivity contribution in [3.63, 3.8) is 0 Å². The molecule has 32 heavy (non-hydrogen) atoms. The second-order valence-electron chi connectivity index (χ2n) is 10.1. The Hall–Kier alpha value is -3.40. The normalized spacial score (nSPS) is 12.7. The molecule has 0 amide bonds. The number of phenolic OH excluding ortho intramolecular Hbond substituents is 2. The van der Waals surface area contributed by atoms with Gasteiger partial charge >= 0.3 is 0 Å². The Kier molecular flexibility index (Phi) is 6.54. The Balaban J connectivity index is 1.93. The number of aromatic hydroxyl groups is 2. The third-order valence-corrected chi connectivity index (χ3v) is 5.36. The maximum absolute atomic E-state index is 10.3. The number of benzene rings is 3.